The number of rotatable bonds is 3. The maximum absolute atomic E-state index is 13.2. The van der Waals surface area contributed by atoms with E-state index in [1.165, 1.54) is 30.3 Å². The molecule has 1 aliphatic heterocycles. The first-order valence-corrected chi connectivity index (χ1v) is 7.03. The molecule has 0 fully saturated rings. The number of hydrogen-bond acceptors (Lipinski definition) is 5. The van der Waals surface area contributed by atoms with E-state index in [4.69, 9.17) is 5.73 Å². The third-order valence-corrected chi connectivity index (χ3v) is 3.31. The van der Waals surface area contributed by atoms with Crippen molar-refractivity contribution in [1.82, 2.24) is 0 Å². The monoisotopic (exact) mass is 349 g/mol. The summed E-state index contributed by atoms with van der Waals surface area (Å²) in [4.78, 5) is 0. The van der Waals surface area contributed by atoms with Gasteiger partial charge in [-0.15, -0.1) is 10.2 Å². The minimum absolute atomic E-state index is 0.0590. The van der Waals surface area contributed by atoms with Gasteiger partial charge in [-0.1, -0.05) is 18.2 Å². The molecule has 0 unspecified atom stereocenters. The molecular formula is C16H11F4N5. The van der Waals surface area contributed by atoms with Crippen molar-refractivity contribution in [3.8, 4) is 0 Å². The molecule has 0 aliphatic carbocycles. The summed E-state index contributed by atoms with van der Waals surface area (Å²) in [5.74, 6) is -0.527. The van der Waals surface area contributed by atoms with Gasteiger partial charge in [0, 0.05) is 5.56 Å². The molecule has 3 rings (SSSR count). The van der Waals surface area contributed by atoms with Gasteiger partial charge in [0.05, 0.1) is 11.3 Å². The first-order valence-electron chi connectivity index (χ1n) is 7.03. The van der Waals surface area contributed by atoms with E-state index in [1.807, 2.05) is 0 Å². The van der Waals surface area contributed by atoms with Crippen molar-refractivity contribution >= 4 is 22.9 Å². The second-order valence-corrected chi connectivity index (χ2v) is 5.09. The van der Waals surface area contributed by atoms with Crippen LogP contribution in [0.4, 0.5) is 23.2 Å². The molecule has 0 atom stereocenters. The molecule has 1 heterocycles. The van der Waals surface area contributed by atoms with Crippen LogP contribution < -0.4 is 11.2 Å². The molecule has 3 N–H and O–H groups in total. The van der Waals surface area contributed by atoms with Gasteiger partial charge in [-0.2, -0.15) is 18.3 Å². The zero-order chi connectivity index (χ0) is 18.0. The Labute approximate surface area is 139 Å². The molecule has 0 radical (unpaired) electrons. The minimum atomic E-state index is -4.49. The first-order chi connectivity index (χ1) is 11.8. The Bertz CT molecular complexity index is 899. The van der Waals surface area contributed by atoms with Gasteiger partial charge in [0.15, 0.2) is 11.5 Å². The van der Waals surface area contributed by atoms with Crippen LogP contribution >= 0.6 is 0 Å². The third kappa shape index (κ3) is 3.65. The molecule has 0 spiro atoms. The lowest BCUT2D eigenvalue weighted by Gasteiger charge is -2.09. The fourth-order valence-corrected chi connectivity index (χ4v) is 2.15. The fraction of sp³-hybridized carbons (Fsp3) is 0.0625. The van der Waals surface area contributed by atoms with Crippen molar-refractivity contribution in [2.45, 2.75) is 6.18 Å². The average Bonchev–Trinajstić information content (AvgIpc) is 2.93. The number of benzene rings is 2. The molecule has 5 nitrogen and oxygen atoms in total. The third-order valence-electron chi connectivity index (χ3n) is 3.31. The summed E-state index contributed by atoms with van der Waals surface area (Å²) in [5, 5.41) is 11.4. The van der Waals surface area contributed by atoms with Gasteiger partial charge in [0.1, 0.15) is 11.5 Å². The number of halogens is 4. The van der Waals surface area contributed by atoms with Crippen LogP contribution in [0.15, 0.2) is 63.8 Å². The van der Waals surface area contributed by atoms with Crippen molar-refractivity contribution in [2.75, 3.05) is 5.43 Å². The van der Waals surface area contributed by atoms with Gasteiger partial charge in [-0.25, -0.2) is 4.39 Å². The fourth-order valence-electron chi connectivity index (χ4n) is 2.15. The number of amidine groups is 1. The Kier molecular flexibility index (Phi) is 4.22. The van der Waals surface area contributed by atoms with E-state index >= 15 is 0 Å². The van der Waals surface area contributed by atoms with Gasteiger partial charge in [0.2, 0.25) is 0 Å². The summed E-state index contributed by atoms with van der Waals surface area (Å²) in [5.41, 5.74) is 8.13. The van der Waals surface area contributed by atoms with E-state index in [0.717, 1.165) is 12.1 Å². The molecule has 0 saturated heterocycles. The van der Waals surface area contributed by atoms with Crippen molar-refractivity contribution in [1.29, 1.82) is 0 Å². The Hall–Kier alpha value is -3.23. The number of alkyl halides is 3. The van der Waals surface area contributed by atoms with E-state index in [9.17, 15) is 17.6 Å². The van der Waals surface area contributed by atoms with Gasteiger partial charge < -0.3 is 5.73 Å². The topological polar surface area (TPSA) is 75.1 Å². The average molecular weight is 349 g/mol. The summed E-state index contributed by atoms with van der Waals surface area (Å²) in [7, 11) is 0. The van der Waals surface area contributed by atoms with Crippen molar-refractivity contribution in [3.63, 3.8) is 0 Å². The Balaban J connectivity index is 1.91. The van der Waals surface area contributed by atoms with Crippen molar-refractivity contribution in [3.05, 3.63) is 65.5 Å². The summed E-state index contributed by atoms with van der Waals surface area (Å²) < 4.78 is 51.8. The van der Waals surface area contributed by atoms with Gasteiger partial charge in [0.25, 0.3) is 0 Å². The van der Waals surface area contributed by atoms with Crippen LogP contribution in [-0.4, -0.2) is 17.3 Å². The lowest BCUT2D eigenvalue weighted by molar-refractivity contribution is -0.137. The van der Waals surface area contributed by atoms with E-state index < -0.39 is 17.6 Å². The van der Waals surface area contributed by atoms with Crippen molar-refractivity contribution < 1.29 is 17.6 Å². The summed E-state index contributed by atoms with van der Waals surface area (Å²) >= 11 is 0. The number of hydrogen-bond donors (Lipinski definition) is 2. The van der Waals surface area contributed by atoms with Crippen molar-refractivity contribution in [2.24, 2.45) is 21.0 Å². The van der Waals surface area contributed by atoms with E-state index in [1.54, 1.807) is 6.07 Å². The summed E-state index contributed by atoms with van der Waals surface area (Å²) in [6.07, 6.45) is -4.49. The molecule has 0 aromatic heterocycles. The minimum Gasteiger partial charge on any atom is -0.380 e. The molecule has 2 aromatic rings. The SMILES string of the molecule is NC1=NN=C(c2cccc(C(F)(F)F)c2)/C1=N\Nc1cccc(F)c1. The zero-order valence-corrected chi connectivity index (χ0v) is 12.5. The molecule has 0 saturated carbocycles. The summed E-state index contributed by atoms with van der Waals surface area (Å²) in [6.45, 7) is 0. The number of nitrogens with one attached hydrogen (secondary N) is 1. The maximum atomic E-state index is 13.2. The van der Waals surface area contributed by atoms with Crippen LogP contribution in [0, 0.1) is 5.82 Å². The second-order valence-electron chi connectivity index (χ2n) is 5.09. The van der Waals surface area contributed by atoms with Crippen LogP contribution in [0.5, 0.6) is 0 Å². The molecule has 0 bridgehead atoms. The number of anilines is 1. The molecule has 1 aliphatic rings. The Morgan fingerprint density at radius 2 is 1.76 bits per heavy atom. The van der Waals surface area contributed by atoms with E-state index in [2.05, 4.69) is 20.7 Å². The lowest BCUT2D eigenvalue weighted by atomic mass is 10.0. The molecule has 128 valence electrons. The van der Waals surface area contributed by atoms with E-state index in [-0.39, 0.29) is 22.8 Å². The first kappa shape index (κ1) is 16.6. The predicted octanol–water partition coefficient (Wildman–Crippen LogP) is 3.39. The van der Waals surface area contributed by atoms with Crippen LogP contribution in [0.3, 0.4) is 0 Å². The second kappa shape index (κ2) is 6.34. The highest BCUT2D eigenvalue weighted by molar-refractivity contribution is 6.72. The Morgan fingerprint density at radius 1 is 1.00 bits per heavy atom. The van der Waals surface area contributed by atoms with Crippen LogP contribution in [0.1, 0.15) is 11.1 Å². The normalized spacial score (nSPS) is 15.9. The smallest absolute Gasteiger partial charge is 0.380 e. The van der Waals surface area contributed by atoms with E-state index in [0.29, 0.717) is 5.69 Å². The molecule has 25 heavy (non-hydrogen) atoms. The molecule has 9 heteroatoms. The summed E-state index contributed by atoms with van der Waals surface area (Å²) in [6, 6.07) is 10.1. The van der Waals surface area contributed by atoms with Gasteiger partial charge in [-0.3, -0.25) is 5.43 Å². The van der Waals surface area contributed by atoms with Crippen LogP contribution in [-0.2, 0) is 6.18 Å². The standard InChI is InChI=1S/C16H11F4N5/c17-11-5-2-6-12(8-11)22-24-14-13(23-25-15(14)21)9-3-1-4-10(7-9)16(18,19)20/h1-8,22H,(H2,21,24,25). The van der Waals surface area contributed by atoms with Gasteiger partial charge in [-0.05, 0) is 30.3 Å². The molecule has 2 aromatic carbocycles. The highest BCUT2D eigenvalue weighted by Crippen LogP contribution is 2.30. The zero-order valence-electron chi connectivity index (χ0n) is 12.5. The predicted molar refractivity (Wildman–Crippen MR) is 87.1 cm³/mol. The number of nitrogens with two attached hydrogens (primary N) is 1. The molecule has 0 amide bonds. The molecular weight excluding hydrogens is 338 g/mol. The highest BCUT2D eigenvalue weighted by atomic mass is 19.4. The Morgan fingerprint density at radius 3 is 2.48 bits per heavy atom. The van der Waals surface area contributed by atoms with Crippen LogP contribution in [0.2, 0.25) is 0 Å². The quantitative estimate of drug-likeness (QED) is 0.658. The maximum Gasteiger partial charge on any atom is 0.416 e. The van der Waals surface area contributed by atoms with Gasteiger partial charge >= 0.3 is 6.18 Å². The number of hydrazone groups is 1. The highest BCUT2D eigenvalue weighted by Gasteiger charge is 2.31. The lowest BCUT2D eigenvalue weighted by Crippen LogP contribution is -2.28. The number of nitrogens with zero attached hydrogens (tertiary/aromatic N) is 3. The van der Waals surface area contributed by atoms with Crippen LogP contribution in [0.25, 0.3) is 0 Å². The largest absolute Gasteiger partial charge is 0.416 e.